The number of hydrogen-bond donors (Lipinski definition) is 1. The molecule has 0 radical (unpaired) electrons. The van der Waals surface area contributed by atoms with E-state index in [1.807, 2.05) is 0 Å². The van der Waals surface area contributed by atoms with E-state index in [9.17, 15) is 0 Å². The minimum Gasteiger partial charge on any atom is -0.492 e. The number of hydrogen-bond acceptors (Lipinski definition) is 2. The van der Waals surface area contributed by atoms with Crippen molar-refractivity contribution in [3.8, 4) is 5.75 Å². The van der Waals surface area contributed by atoms with Gasteiger partial charge in [-0.05, 0) is 56.4 Å². The number of aryl methyl sites for hydroxylation is 1. The minimum atomic E-state index is 0.194. The molecule has 0 amide bonds. The second-order valence-corrected chi connectivity index (χ2v) is 6.25. The highest BCUT2D eigenvalue weighted by molar-refractivity contribution is 5.35. The summed E-state index contributed by atoms with van der Waals surface area (Å²) in [7, 11) is 0. The van der Waals surface area contributed by atoms with Crippen LogP contribution in [0.4, 0.5) is 0 Å². The molecule has 0 unspecified atom stereocenters. The summed E-state index contributed by atoms with van der Waals surface area (Å²) in [6.45, 7) is 14.8. The van der Waals surface area contributed by atoms with Crippen LogP contribution in [-0.4, -0.2) is 18.7 Å². The molecule has 1 aromatic carbocycles. The van der Waals surface area contributed by atoms with Crippen molar-refractivity contribution in [1.82, 2.24) is 5.32 Å². The fraction of sp³-hybridized carbons (Fsp3) is 0.647. The molecule has 1 rings (SSSR count). The van der Waals surface area contributed by atoms with E-state index in [0.717, 1.165) is 18.7 Å². The van der Waals surface area contributed by atoms with Crippen molar-refractivity contribution in [2.75, 3.05) is 13.2 Å². The SMILES string of the molecule is CCC(C)(C)NCCOc1cc(C)cc(C(C)C)c1. The zero-order chi connectivity index (χ0) is 14.5. The van der Waals surface area contributed by atoms with Crippen LogP contribution >= 0.6 is 0 Å². The highest BCUT2D eigenvalue weighted by Crippen LogP contribution is 2.22. The van der Waals surface area contributed by atoms with E-state index in [1.165, 1.54) is 11.1 Å². The van der Waals surface area contributed by atoms with Gasteiger partial charge in [-0.15, -0.1) is 0 Å². The number of ether oxygens (including phenoxy) is 1. The maximum Gasteiger partial charge on any atom is 0.119 e. The molecule has 0 aliphatic rings. The molecule has 19 heavy (non-hydrogen) atoms. The first kappa shape index (κ1) is 16.0. The third-order valence-corrected chi connectivity index (χ3v) is 3.60. The van der Waals surface area contributed by atoms with Gasteiger partial charge < -0.3 is 10.1 Å². The summed E-state index contributed by atoms with van der Waals surface area (Å²) in [5, 5.41) is 3.51. The average molecular weight is 263 g/mol. The maximum absolute atomic E-state index is 5.86. The van der Waals surface area contributed by atoms with Crippen molar-refractivity contribution in [2.24, 2.45) is 0 Å². The molecule has 2 heteroatoms. The largest absolute Gasteiger partial charge is 0.492 e. The molecule has 1 N–H and O–H groups in total. The van der Waals surface area contributed by atoms with Crippen molar-refractivity contribution in [2.45, 2.75) is 59.4 Å². The number of benzene rings is 1. The van der Waals surface area contributed by atoms with Gasteiger partial charge in [0, 0.05) is 12.1 Å². The standard InChI is InChI=1S/C17H29NO/c1-7-17(5,6)18-8-9-19-16-11-14(4)10-15(12-16)13(2)3/h10-13,18H,7-9H2,1-6H3. The van der Waals surface area contributed by atoms with Crippen LogP contribution in [0.5, 0.6) is 5.75 Å². The first-order chi connectivity index (χ1) is 8.84. The van der Waals surface area contributed by atoms with Gasteiger partial charge in [0.15, 0.2) is 0 Å². The van der Waals surface area contributed by atoms with Crippen molar-refractivity contribution < 1.29 is 4.74 Å². The second kappa shape index (κ2) is 6.95. The second-order valence-electron chi connectivity index (χ2n) is 6.25. The normalized spacial score (nSPS) is 11.9. The number of nitrogens with one attached hydrogen (secondary N) is 1. The molecule has 0 atom stereocenters. The Kier molecular flexibility index (Phi) is 5.86. The van der Waals surface area contributed by atoms with Crippen LogP contribution in [0.3, 0.4) is 0 Å². The highest BCUT2D eigenvalue weighted by Gasteiger charge is 2.12. The third-order valence-electron chi connectivity index (χ3n) is 3.60. The molecule has 0 spiro atoms. The molecule has 0 saturated heterocycles. The van der Waals surface area contributed by atoms with Crippen molar-refractivity contribution in [3.63, 3.8) is 0 Å². The quantitative estimate of drug-likeness (QED) is 0.742. The summed E-state index contributed by atoms with van der Waals surface area (Å²) >= 11 is 0. The maximum atomic E-state index is 5.86. The van der Waals surface area contributed by atoms with Gasteiger partial charge in [-0.25, -0.2) is 0 Å². The van der Waals surface area contributed by atoms with Crippen LogP contribution in [0.25, 0.3) is 0 Å². The summed E-state index contributed by atoms with van der Waals surface area (Å²) in [6.07, 6.45) is 1.12. The van der Waals surface area contributed by atoms with E-state index in [0.29, 0.717) is 12.5 Å². The summed E-state index contributed by atoms with van der Waals surface area (Å²) in [5.74, 6) is 1.53. The lowest BCUT2D eigenvalue weighted by Gasteiger charge is -2.24. The van der Waals surface area contributed by atoms with Crippen LogP contribution < -0.4 is 10.1 Å². The third kappa shape index (κ3) is 5.65. The summed E-state index contributed by atoms with van der Waals surface area (Å²) in [6, 6.07) is 6.50. The van der Waals surface area contributed by atoms with Crippen molar-refractivity contribution >= 4 is 0 Å². The Morgan fingerprint density at radius 3 is 2.47 bits per heavy atom. The monoisotopic (exact) mass is 263 g/mol. The van der Waals surface area contributed by atoms with Gasteiger partial charge in [-0.1, -0.05) is 26.8 Å². The first-order valence-corrected chi connectivity index (χ1v) is 7.33. The fourth-order valence-corrected chi connectivity index (χ4v) is 1.88. The Labute approximate surface area is 118 Å². The molecule has 0 saturated carbocycles. The first-order valence-electron chi connectivity index (χ1n) is 7.33. The van der Waals surface area contributed by atoms with Gasteiger partial charge in [0.25, 0.3) is 0 Å². The Hall–Kier alpha value is -1.02. The van der Waals surface area contributed by atoms with Gasteiger partial charge in [0.2, 0.25) is 0 Å². The van der Waals surface area contributed by atoms with E-state index in [-0.39, 0.29) is 5.54 Å². The van der Waals surface area contributed by atoms with Gasteiger partial charge in [-0.2, -0.15) is 0 Å². The molecule has 0 aliphatic heterocycles. The van der Waals surface area contributed by atoms with E-state index >= 15 is 0 Å². The van der Waals surface area contributed by atoms with Crippen molar-refractivity contribution in [1.29, 1.82) is 0 Å². The molecule has 108 valence electrons. The lowest BCUT2D eigenvalue weighted by molar-refractivity contribution is 0.280. The van der Waals surface area contributed by atoms with Gasteiger partial charge in [-0.3, -0.25) is 0 Å². The van der Waals surface area contributed by atoms with Gasteiger partial charge in [0.1, 0.15) is 12.4 Å². The zero-order valence-electron chi connectivity index (χ0n) is 13.3. The molecule has 2 nitrogen and oxygen atoms in total. The molecular formula is C17H29NO. The zero-order valence-corrected chi connectivity index (χ0v) is 13.3. The molecule has 0 aliphatic carbocycles. The fourth-order valence-electron chi connectivity index (χ4n) is 1.88. The Morgan fingerprint density at radius 1 is 1.21 bits per heavy atom. The smallest absolute Gasteiger partial charge is 0.119 e. The molecule has 0 heterocycles. The molecule has 0 fully saturated rings. The predicted molar refractivity (Wildman–Crippen MR) is 83.1 cm³/mol. The van der Waals surface area contributed by atoms with Crippen LogP contribution in [0, 0.1) is 6.92 Å². The van der Waals surface area contributed by atoms with Crippen molar-refractivity contribution in [3.05, 3.63) is 29.3 Å². The topological polar surface area (TPSA) is 21.3 Å². The molecule has 0 bridgehead atoms. The molecular weight excluding hydrogens is 234 g/mol. The van der Waals surface area contributed by atoms with Gasteiger partial charge in [0.05, 0.1) is 0 Å². The summed E-state index contributed by atoms with van der Waals surface area (Å²) in [4.78, 5) is 0. The van der Waals surface area contributed by atoms with E-state index in [4.69, 9.17) is 4.74 Å². The van der Waals surface area contributed by atoms with Crippen LogP contribution in [0.2, 0.25) is 0 Å². The lowest BCUT2D eigenvalue weighted by atomic mass is 10.0. The van der Waals surface area contributed by atoms with E-state index < -0.39 is 0 Å². The minimum absolute atomic E-state index is 0.194. The van der Waals surface area contributed by atoms with E-state index in [2.05, 4.69) is 65.1 Å². The Bertz CT molecular complexity index is 396. The number of rotatable bonds is 7. The average Bonchev–Trinajstić information content (AvgIpc) is 2.34. The van der Waals surface area contributed by atoms with Crippen LogP contribution in [0.15, 0.2) is 18.2 Å². The molecule has 1 aromatic rings. The lowest BCUT2D eigenvalue weighted by Crippen LogP contribution is -2.40. The van der Waals surface area contributed by atoms with E-state index in [1.54, 1.807) is 0 Å². The highest BCUT2D eigenvalue weighted by atomic mass is 16.5. The molecule has 0 aromatic heterocycles. The van der Waals surface area contributed by atoms with Gasteiger partial charge >= 0.3 is 0 Å². The van der Waals surface area contributed by atoms with Crippen LogP contribution in [-0.2, 0) is 0 Å². The Morgan fingerprint density at radius 2 is 1.89 bits per heavy atom. The predicted octanol–water partition coefficient (Wildman–Crippen LogP) is 4.28. The summed E-state index contributed by atoms with van der Waals surface area (Å²) < 4.78 is 5.86. The van der Waals surface area contributed by atoms with Crippen LogP contribution in [0.1, 0.15) is 58.1 Å². The Balaban J connectivity index is 2.50. The summed E-state index contributed by atoms with van der Waals surface area (Å²) in [5.41, 5.74) is 2.80.